The minimum Gasteiger partial charge on any atom is -0.454 e. The Hall–Kier alpha value is -3.02. The predicted molar refractivity (Wildman–Crippen MR) is 102 cm³/mol. The number of nitrogens with zero attached hydrogens (tertiary/aromatic N) is 3. The molecule has 2 aromatic carbocycles. The van der Waals surface area contributed by atoms with E-state index in [1.165, 1.54) is 0 Å². The fraction of sp³-hybridized carbons (Fsp3) is 0.333. The maximum atomic E-state index is 12.8. The van der Waals surface area contributed by atoms with Crippen molar-refractivity contribution in [3.8, 4) is 11.5 Å². The number of ether oxygens (including phenoxy) is 2. The number of aryl methyl sites for hydroxylation is 1. The highest BCUT2D eigenvalue weighted by Crippen LogP contribution is 2.39. The fourth-order valence-corrected chi connectivity index (χ4v) is 4.05. The molecular weight excluding hydrogens is 342 g/mol. The average Bonchev–Trinajstić information content (AvgIpc) is 3.38. The molecule has 27 heavy (non-hydrogen) atoms. The summed E-state index contributed by atoms with van der Waals surface area (Å²) in [5.41, 5.74) is 2.99. The van der Waals surface area contributed by atoms with Gasteiger partial charge in [0.25, 0.3) is 0 Å². The smallest absolute Gasteiger partial charge is 0.231 e. The quantitative estimate of drug-likeness (QED) is 0.709. The van der Waals surface area contributed by atoms with E-state index < -0.39 is 0 Å². The third kappa shape index (κ3) is 2.63. The molecule has 6 nitrogen and oxygen atoms in total. The Morgan fingerprint density at radius 3 is 2.89 bits per heavy atom. The predicted octanol–water partition coefficient (Wildman–Crippen LogP) is 3.70. The number of anilines is 1. The van der Waals surface area contributed by atoms with Crippen LogP contribution < -0.4 is 14.4 Å². The summed E-state index contributed by atoms with van der Waals surface area (Å²) in [6.07, 6.45) is 1.50. The maximum absolute atomic E-state index is 12.8. The van der Waals surface area contributed by atoms with E-state index in [1.54, 1.807) is 0 Å². The molecule has 3 heterocycles. The third-order valence-corrected chi connectivity index (χ3v) is 5.29. The van der Waals surface area contributed by atoms with Crippen molar-refractivity contribution >= 4 is 22.6 Å². The van der Waals surface area contributed by atoms with Crippen molar-refractivity contribution in [3.63, 3.8) is 0 Å². The van der Waals surface area contributed by atoms with E-state index in [1.807, 2.05) is 41.3 Å². The zero-order valence-corrected chi connectivity index (χ0v) is 15.2. The van der Waals surface area contributed by atoms with Gasteiger partial charge in [0.2, 0.25) is 12.7 Å². The number of carbonyl (C=O) groups is 1. The summed E-state index contributed by atoms with van der Waals surface area (Å²) in [6, 6.07) is 13.9. The number of aromatic nitrogens is 2. The number of para-hydroxylation sites is 2. The SMILES string of the molecule is CCCn1c(C2CC(=O)N(c3ccc4c(c3)OCO4)C2)nc2ccccc21. The molecule has 1 saturated heterocycles. The number of fused-ring (bicyclic) bond motifs is 2. The lowest BCUT2D eigenvalue weighted by molar-refractivity contribution is -0.117. The first-order valence-electron chi connectivity index (χ1n) is 9.40. The van der Waals surface area contributed by atoms with E-state index in [0.717, 1.165) is 41.3 Å². The van der Waals surface area contributed by atoms with Gasteiger partial charge in [-0.25, -0.2) is 4.98 Å². The average molecular weight is 363 g/mol. The summed E-state index contributed by atoms with van der Waals surface area (Å²) in [5, 5.41) is 0. The molecule has 0 spiro atoms. The molecule has 2 aliphatic heterocycles. The first kappa shape index (κ1) is 16.2. The molecule has 1 unspecified atom stereocenters. The number of imidazole rings is 1. The monoisotopic (exact) mass is 363 g/mol. The molecule has 0 saturated carbocycles. The van der Waals surface area contributed by atoms with Crippen LogP contribution in [0.15, 0.2) is 42.5 Å². The highest BCUT2D eigenvalue weighted by atomic mass is 16.7. The second-order valence-corrected chi connectivity index (χ2v) is 7.05. The topological polar surface area (TPSA) is 56.6 Å². The number of carbonyl (C=O) groups excluding carboxylic acids is 1. The van der Waals surface area contributed by atoms with Crippen molar-refractivity contribution in [2.45, 2.75) is 32.2 Å². The summed E-state index contributed by atoms with van der Waals surface area (Å²) < 4.78 is 13.1. The van der Waals surface area contributed by atoms with Crippen LogP contribution in [-0.2, 0) is 11.3 Å². The van der Waals surface area contributed by atoms with E-state index in [4.69, 9.17) is 14.5 Å². The summed E-state index contributed by atoms with van der Waals surface area (Å²) in [7, 11) is 0. The molecule has 1 amide bonds. The summed E-state index contributed by atoms with van der Waals surface area (Å²) in [5.74, 6) is 2.64. The zero-order valence-electron chi connectivity index (χ0n) is 15.2. The molecule has 2 aliphatic rings. The van der Waals surface area contributed by atoms with Crippen molar-refractivity contribution in [2.75, 3.05) is 18.2 Å². The van der Waals surface area contributed by atoms with Crippen LogP contribution in [-0.4, -0.2) is 28.8 Å². The van der Waals surface area contributed by atoms with Crippen LogP contribution in [0.25, 0.3) is 11.0 Å². The van der Waals surface area contributed by atoms with Crippen LogP contribution in [0.3, 0.4) is 0 Å². The molecular formula is C21H21N3O3. The van der Waals surface area contributed by atoms with Gasteiger partial charge < -0.3 is 18.9 Å². The Kier molecular flexibility index (Phi) is 3.77. The highest BCUT2D eigenvalue weighted by molar-refractivity contribution is 5.96. The third-order valence-electron chi connectivity index (χ3n) is 5.29. The Morgan fingerprint density at radius 2 is 2.00 bits per heavy atom. The number of hydrogen-bond donors (Lipinski definition) is 0. The van der Waals surface area contributed by atoms with Crippen LogP contribution in [0, 0.1) is 0 Å². The summed E-state index contributed by atoms with van der Waals surface area (Å²) in [4.78, 5) is 19.5. The zero-order chi connectivity index (χ0) is 18.4. The molecule has 6 heteroatoms. The van der Waals surface area contributed by atoms with Gasteiger partial charge in [-0.1, -0.05) is 19.1 Å². The minimum absolute atomic E-state index is 0.0851. The van der Waals surface area contributed by atoms with Gasteiger partial charge in [-0.05, 0) is 30.7 Å². The normalized spacial score (nSPS) is 18.6. The molecule has 1 atom stereocenters. The fourth-order valence-electron chi connectivity index (χ4n) is 4.05. The standard InChI is InChI=1S/C21H21N3O3/c1-2-9-23-17-6-4-3-5-16(17)22-21(23)14-10-20(25)24(12-14)15-7-8-18-19(11-15)27-13-26-18/h3-8,11,14H,2,9-10,12-13H2,1H3. The summed E-state index contributed by atoms with van der Waals surface area (Å²) >= 11 is 0. The van der Waals surface area contributed by atoms with Gasteiger partial charge in [0, 0.05) is 37.2 Å². The number of amides is 1. The second-order valence-electron chi connectivity index (χ2n) is 7.05. The Balaban J connectivity index is 1.48. The number of rotatable bonds is 4. The van der Waals surface area contributed by atoms with Crippen molar-refractivity contribution in [1.29, 1.82) is 0 Å². The van der Waals surface area contributed by atoms with Gasteiger partial charge in [-0.15, -0.1) is 0 Å². The maximum Gasteiger partial charge on any atom is 0.231 e. The Bertz CT molecular complexity index is 1030. The van der Waals surface area contributed by atoms with Gasteiger partial charge in [0.1, 0.15) is 5.82 Å². The second kappa shape index (κ2) is 6.30. The molecule has 0 aliphatic carbocycles. The number of hydrogen-bond acceptors (Lipinski definition) is 4. The Morgan fingerprint density at radius 1 is 1.15 bits per heavy atom. The molecule has 0 radical (unpaired) electrons. The van der Waals surface area contributed by atoms with Crippen LogP contribution in [0.2, 0.25) is 0 Å². The van der Waals surface area contributed by atoms with E-state index in [2.05, 4.69) is 17.6 Å². The van der Waals surface area contributed by atoms with Gasteiger partial charge in [-0.2, -0.15) is 0 Å². The summed E-state index contributed by atoms with van der Waals surface area (Å²) in [6.45, 7) is 3.93. The van der Waals surface area contributed by atoms with Crippen molar-refractivity contribution in [1.82, 2.24) is 9.55 Å². The molecule has 0 bridgehead atoms. The van der Waals surface area contributed by atoms with Crippen molar-refractivity contribution in [3.05, 3.63) is 48.3 Å². The number of benzene rings is 2. The Labute approximate surface area is 157 Å². The lowest BCUT2D eigenvalue weighted by Crippen LogP contribution is -2.24. The molecule has 138 valence electrons. The molecule has 1 fully saturated rings. The van der Waals surface area contributed by atoms with Gasteiger partial charge in [-0.3, -0.25) is 4.79 Å². The van der Waals surface area contributed by atoms with Crippen LogP contribution >= 0.6 is 0 Å². The van der Waals surface area contributed by atoms with Crippen LogP contribution in [0.4, 0.5) is 5.69 Å². The van der Waals surface area contributed by atoms with Crippen molar-refractivity contribution in [2.24, 2.45) is 0 Å². The molecule has 1 aromatic heterocycles. The molecule has 0 N–H and O–H groups in total. The van der Waals surface area contributed by atoms with Crippen molar-refractivity contribution < 1.29 is 14.3 Å². The van der Waals surface area contributed by atoms with E-state index in [9.17, 15) is 4.79 Å². The molecule has 3 aromatic rings. The van der Waals surface area contributed by atoms with Crippen LogP contribution in [0.1, 0.15) is 31.5 Å². The van der Waals surface area contributed by atoms with Gasteiger partial charge in [0.05, 0.1) is 11.0 Å². The largest absolute Gasteiger partial charge is 0.454 e. The van der Waals surface area contributed by atoms with Crippen LogP contribution in [0.5, 0.6) is 11.5 Å². The molecule has 5 rings (SSSR count). The van der Waals surface area contributed by atoms with E-state index in [0.29, 0.717) is 18.7 Å². The van der Waals surface area contributed by atoms with Gasteiger partial charge in [0.15, 0.2) is 11.5 Å². The lowest BCUT2D eigenvalue weighted by Gasteiger charge is -2.17. The van der Waals surface area contributed by atoms with E-state index in [-0.39, 0.29) is 18.6 Å². The first-order chi connectivity index (χ1) is 13.2. The van der Waals surface area contributed by atoms with E-state index >= 15 is 0 Å². The highest BCUT2D eigenvalue weighted by Gasteiger charge is 2.35. The van der Waals surface area contributed by atoms with Gasteiger partial charge >= 0.3 is 0 Å². The minimum atomic E-state index is 0.0851. The first-order valence-corrected chi connectivity index (χ1v) is 9.40. The lowest BCUT2D eigenvalue weighted by atomic mass is 10.1.